The van der Waals surface area contributed by atoms with Crippen molar-refractivity contribution < 1.29 is 4.42 Å². The summed E-state index contributed by atoms with van der Waals surface area (Å²) in [5.74, 6) is 0.677. The maximum Gasteiger partial charge on any atom is 0.0950 e. The second-order valence-electron chi connectivity index (χ2n) is 4.67. The Morgan fingerprint density at radius 1 is 1.33 bits per heavy atom. The highest BCUT2D eigenvalue weighted by atomic mass is 35.5. The third-order valence-electron chi connectivity index (χ3n) is 3.61. The van der Waals surface area contributed by atoms with Crippen LogP contribution >= 0.6 is 24.8 Å². The highest BCUT2D eigenvalue weighted by Gasteiger charge is 2.26. The zero-order valence-electron chi connectivity index (χ0n) is 11.1. The van der Waals surface area contributed by atoms with Crippen LogP contribution in [0.1, 0.15) is 31.9 Å². The van der Waals surface area contributed by atoms with Crippen molar-refractivity contribution in [1.29, 1.82) is 0 Å². The average Bonchev–Trinajstić information content (AvgIpc) is 2.84. The molecule has 2 heterocycles. The van der Waals surface area contributed by atoms with Crippen molar-refractivity contribution in [1.82, 2.24) is 10.2 Å². The Hall–Kier alpha value is -0.220. The van der Waals surface area contributed by atoms with Gasteiger partial charge in [0.25, 0.3) is 0 Å². The zero-order chi connectivity index (χ0) is 11.4. The Labute approximate surface area is 122 Å². The first kappa shape index (κ1) is 17.8. The molecule has 0 radical (unpaired) electrons. The van der Waals surface area contributed by atoms with Crippen molar-refractivity contribution in [3.63, 3.8) is 0 Å². The van der Waals surface area contributed by atoms with E-state index in [0.717, 1.165) is 26.2 Å². The molecule has 0 bridgehead atoms. The van der Waals surface area contributed by atoms with E-state index in [4.69, 9.17) is 4.42 Å². The first-order valence-corrected chi connectivity index (χ1v) is 6.29. The van der Waals surface area contributed by atoms with E-state index in [2.05, 4.69) is 30.1 Å². The third kappa shape index (κ3) is 4.16. The lowest BCUT2D eigenvalue weighted by molar-refractivity contribution is 0.128. The Morgan fingerprint density at radius 3 is 2.50 bits per heavy atom. The number of piperazine rings is 1. The molecule has 106 valence electrons. The normalized spacial score (nSPS) is 19.4. The van der Waals surface area contributed by atoms with Crippen LogP contribution in [0.2, 0.25) is 0 Å². The van der Waals surface area contributed by atoms with Crippen LogP contribution in [0.25, 0.3) is 0 Å². The van der Waals surface area contributed by atoms with Gasteiger partial charge in [0, 0.05) is 37.8 Å². The van der Waals surface area contributed by atoms with E-state index in [9.17, 15) is 0 Å². The summed E-state index contributed by atoms with van der Waals surface area (Å²) in [4.78, 5) is 2.58. The van der Waals surface area contributed by atoms with Gasteiger partial charge >= 0.3 is 0 Å². The number of nitrogens with zero attached hydrogens (tertiary/aromatic N) is 1. The Morgan fingerprint density at radius 2 is 2.00 bits per heavy atom. The summed E-state index contributed by atoms with van der Waals surface area (Å²) >= 11 is 0. The van der Waals surface area contributed by atoms with Crippen molar-refractivity contribution in [2.75, 3.05) is 26.2 Å². The molecule has 1 aromatic heterocycles. The fraction of sp³-hybridized carbons (Fsp3) is 0.692. The van der Waals surface area contributed by atoms with E-state index in [0.29, 0.717) is 12.0 Å². The summed E-state index contributed by atoms with van der Waals surface area (Å²) in [6, 6.07) is 2.63. The maximum absolute atomic E-state index is 5.24. The summed E-state index contributed by atoms with van der Waals surface area (Å²) in [6.07, 6.45) is 4.89. The van der Waals surface area contributed by atoms with Crippen LogP contribution in [0, 0.1) is 5.92 Å². The minimum absolute atomic E-state index is 0. The lowest BCUT2D eigenvalue weighted by Gasteiger charge is -2.37. The summed E-state index contributed by atoms with van der Waals surface area (Å²) in [5, 5.41) is 3.41. The van der Waals surface area contributed by atoms with Gasteiger partial charge in [-0.05, 0) is 12.0 Å². The molecule has 5 heteroatoms. The molecule has 0 saturated carbocycles. The number of rotatable bonds is 4. The van der Waals surface area contributed by atoms with Gasteiger partial charge in [-0.15, -0.1) is 24.8 Å². The van der Waals surface area contributed by atoms with Crippen LogP contribution in [-0.2, 0) is 0 Å². The van der Waals surface area contributed by atoms with Gasteiger partial charge in [-0.25, -0.2) is 0 Å². The Bertz CT molecular complexity index is 300. The van der Waals surface area contributed by atoms with Crippen LogP contribution in [0.5, 0.6) is 0 Å². The van der Waals surface area contributed by atoms with Gasteiger partial charge in [0.05, 0.1) is 12.5 Å². The molecule has 1 saturated heterocycles. The van der Waals surface area contributed by atoms with Crippen LogP contribution in [0.15, 0.2) is 23.0 Å². The van der Waals surface area contributed by atoms with E-state index < -0.39 is 0 Å². The molecule has 1 aromatic rings. The lowest BCUT2D eigenvalue weighted by atomic mass is 9.92. The number of halogens is 2. The molecule has 2 rings (SSSR count). The van der Waals surface area contributed by atoms with Gasteiger partial charge in [-0.2, -0.15) is 0 Å². The SMILES string of the molecule is CCC(C)[C@@H](c1ccoc1)N1CCNCC1.Cl.Cl. The second-order valence-corrected chi connectivity index (χ2v) is 4.67. The molecule has 0 spiro atoms. The largest absolute Gasteiger partial charge is 0.472 e. The van der Waals surface area contributed by atoms with E-state index in [1.807, 2.05) is 6.26 Å². The van der Waals surface area contributed by atoms with Gasteiger partial charge in [-0.3, -0.25) is 4.90 Å². The minimum atomic E-state index is 0. The van der Waals surface area contributed by atoms with E-state index in [-0.39, 0.29) is 24.8 Å². The lowest BCUT2D eigenvalue weighted by Crippen LogP contribution is -2.46. The van der Waals surface area contributed by atoms with Crippen molar-refractivity contribution in [3.05, 3.63) is 24.2 Å². The molecule has 1 aliphatic rings. The fourth-order valence-electron chi connectivity index (χ4n) is 2.53. The summed E-state index contributed by atoms with van der Waals surface area (Å²) < 4.78 is 5.24. The molecule has 0 aliphatic carbocycles. The number of nitrogens with one attached hydrogen (secondary N) is 1. The highest BCUT2D eigenvalue weighted by molar-refractivity contribution is 5.85. The quantitative estimate of drug-likeness (QED) is 0.925. The molecule has 0 aromatic carbocycles. The molecule has 1 unspecified atom stereocenters. The molecule has 1 fully saturated rings. The van der Waals surface area contributed by atoms with Gasteiger partial charge in [-0.1, -0.05) is 20.3 Å². The predicted molar refractivity (Wildman–Crippen MR) is 79.8 cm³/mol. The minimum Gasteiger partial charge on any atom is -0.472 e. The topological polar surface area (TPSA) is 28.4 Å². The highest BCUT2D eigenvalue weighted by Crippen LogP contribution is 2.31. The van der Waals surface area contributed by atoms with Crippen LogP contribution in [-0.4, -0.2) is 31.1 Å². The van der Waals surface area contributed by atoms with Crippen molar-refractivity contribution in [3.8, 4) is 0 Å². The summed E-state index contributed by atoms with van der Waals surface area (Å²) in [7, 11) is 0. The standard InChI is InChI=1S/C13H22N2O.2ClH/c1-3-11(2)13(12-4-9-16-10-12)15-7-5-14-6-8-15;;/h4,9-11,13-14H,3,5-8H2,1-2H3;2*1H/t11?,13-;;/m0../s1. The molecule has 0 amide bonds. The number of furan rings is 1. The van der Waals surface area contributed by atoms with Gasteiger partial charge < -0.3 is 9.73 Å². The van der Waals surface area contributed by atoms with Gasteiger partial charge in [0.1, 0.15) is 0 Å². The monoisotopic (exact) mass is 294 g/mol. The molecule has 1 N–H and O–H groups in total. The van der Waals surface area contributed by atoms with Gasteiger partial charge in [0.15, 0.2) is 0 Å². The molecule has 2 atom stereocenters. The molecule has 18 heavy (non-hydrogen) atoms. The van der Waals surface area contributed by atoms with E-state index in [1.54, 1.807) is 6.26 Å². The van der Waals surface area contributed by atoms with Gasteiger partial charge in [0.2, 0.25) is 0 Å². The summed E-state index contributed by atoms with van der Waals surface area (Å²) in [6.45, 7) is 9.08. The van der Waals surface area contributed by atoms with E-state index >= 15 is 0 Å². The first-order valence-electron chi connectivity index (χ1n) is 6.29. The van der Waals surface area contributed by atoms with Crippen molar-refractivity contribution in [2.45, 2.75) is 26.3 Å². The smallest absolute Gasteiger partial charge is 0.0950 e. The number of hydrogen-bond acceptors (Lipinski definition) is 3. The predicted octanol–water partition coefficient (Wildman–Crippen LogP) is 3.12. The Kier molecular flexibility index (Phi) is 8.70. The fourth-order valence-corrected chi connectivity index (χ4v) is 2.53. The zero-order valence-corrected chi connectivity index (χ0v) is 12.7. The first-order chi connectivity index (χ1) is 7.83. The van der Waals surface area contributed by atoms with Crippen molar-refractivity contribution in [2.24, 2.45) is 5.92 Å². The summed E-state index contributed by atoms with van der Waals surface area (Å²) in [5.41, 5.74) is 1.33. The molecular weight excluding hydrogens is 271 g/mol. The van der Waals surface area contributed by atoms with Crippen LogP contribution < -0.4 is 5.32 Å². The van der Waals surface area contributed by atoms with Crippen LogP contribution in [0.4, 0.5) is 0 Å². The molecule has 3 nitrogen and oxygen atoms in total. The number of hydrogen-bond donors (Lipinski definition) is 1. The Balaban J connectivity index is 0.00000144. The van der Waals surface area contributed by atoms with Crippen molar-refractivity contribution >= 4 is 24.8 Å². The maximum atomic E-state index is 5.24. The third-order valence-corrected chi connectivity index (χ3v) is 3.61. The second kappa shape index (κ2) is 8.81. The molecular formula is C13H24Cl2N2O. The van der Waals surface area contributed by atoms with Crippen LogP contribution in [0.3, 0.4) is 0 Å². The molecule has 1 aliphatic heterocycles. The van der Waals surface area contributed by atoms with E-state index in [1.165, 1.54) is 12.0 Å². The average molecular weight is 295 g/mol.